The van der Waals surface area contributed by atoms with E-state index in [1.807, 2.05) is 0 Å². The van der Waals surface area contributed by atoms with E-state index in [0.717, 1.165) is 18.7 Å². The molecule has 0 aliphatic heterocycles. The first-order valence-corrected chi connectivity index (χ1v) is 5.93. The van der Waals surface area contributed by atoms with Crippen LogP contribution in [-0.2, 0) is 0 Å². The largest absolute Gasteiger partial charge is 0.480 e. The smallest absolute Gasteiger partial charge is 0.235 e. The first-order valence-electron chi connectivity index (χ1n) is 5.93. The van der Waals surface area contributed by atoms with Crippen LogP contribution in [0.15, 0.2) is 12.4 Å². The van der Waals surface area contributed by atoms with Crippen molar-refractivity contribution in [1.29, 1.82) is 0 Å². The highest BCUT2D eigenvalue weighted by molar-refractivity contribution is 5.23. The van der Waals surface area contributed by atoms with Crippen molar-refractivity contribution < 1.29 is 4.74 Å². The lowest BCUT2D eigenvalue weighted by atomic mass is 10.0. The molecule has 0 spiro atoms. The molecule has 1 fully saturated rings. The van der Waals surface area contributed by atoms with Crippen LogP contribution in [-0.4, -0.2) is 29.7 Å². The summed E-state index contributed by atoms with van der Waals surface area (Å²) in [6.07, 6.45) is 6.96. The van der Waals surface area contributed by atoms with Crippen molar-refractivity contribution in [2.45, 2.75) is 38.1 Å². The highest BCUT2D eigenvalue weighted by Crippen LogP contribution is 2.36. The van der Waals surface area contributed by atoms with Gasteiger partial charge < -0.3 is 10.1 Å². The van der Waals surface area contributed by atoms with E-state index >= 15 is 0 Å². The Bertz CT molecular complexity index is 343. The Labute approximate surface area is 96.4 Å². The van der Waals surface area contributed by atoms with Crippen molar-refractivity contribution in [2.24, 2.45) is 0 Å². The van der Waals surface area contributed by atoms with E-state index in [1.165, 1.54) is 12.8 Å². The van der Waals surface area contributed by atoms with Gasteiger partial charge in [0.05, 0.1) is 7.11 Å². The van der Waals surface area contributed by atoms with E-state index in [4.69, 9.17) is 4.74 Å². The number of ether oxygens (including phenoxy) is 1. The van der Waals surface area contributed by atoms with Gasteiger partial charge in [0.2, 0.25) is 5.88 Å². The summed E-state index contributed by atoms with van der Waals surface area (Å²) in [5, 5.41) is 3.49. The fourth-order valence-electron chi connectivity index (χ4n) is 2.48. The van der Waals surface area contributed by atoms with Crippen LogP contribution in [0, 0.1) is 0 Å². The van der Waals surface area contributed by atoms with E-state index in [2.05, 4.69) is 22.2 Å². The van der Waals surface area contributed by atoms with Gasteiger partial charge in [-0.2, -0.15) is 0 Å². The van der Waals surface area contributed by atoms with E-state index in [0.29, 0.717) is 17.8 Å². The van der Waals surface area contributed by atoms with Gasteiger partial charge in [0.1, 0.15) is 5.69 Å². The average molecular weight is 221 g/mol. The molecule has 1 N–H and O–H groups in total. The van der Waals surface area contributed by atoms with Gasteiger partial charge in [-0.15, -0.1) is 0 Å². The molecule has 0 amide bonds. The molecule has 2 atom stereocenters. The number of nitrogens with one attached hydrogen (secondary N) is 1. The predicted molar refractivity (Wildman–Crippen MR) is 62.6 cm³/mol. The van der Waals surface area contributed by atoms with E-state index in [1.54, 1.807) is 19.5 Å². The van der Waals surface area contributed by atoms with E-state index in [9.17, 15) is 0 Å². The molecule has 1 aliphatic rings. The molecule has 16 heavy (non-hydrogen) atoms. The van der Waals surface area contributed by atoms with E-state index < -0.39 is 0 Å². The van der Waals surface area contributed by atoms with Crippen LogP contribution in [0.3, 0.4) is 0 Å². The standard InChI is InChI=1S/C12H19N3O/c1-3-13-10-5-4-9(8-10)11-12(16-2)15-7-6-14-11/h6-7,9-10,13H,3-5,8H2,1-2H3. The maximum Gasteiger partial charge on any atom is 0.235 e. The maximum atomic E-state index is 5.26. The van der Waals surface area contributed by atoms with Crippen LogP contribution in [0.2, 0.25) is 0 Å². The van der Waals surface area contributed by atoms with Crippen LogP contribution >= 0.6 is 0 Å². The molecule has 4 heteroatoms. The van der Waals surface area contributed by atoms with Crippen LogP contribution in [0.25, 0.3) is 0 Å². The number of hydrogen-bond acceptors (Lipinski definition) is 4. The summed E-state index contributed by atoms with van der Waals surface area (Å²) in [6, 6.07) is 0.627. The van der Waals surface area contributed by atoms with Crippen molar-refractivity contribution in [3.63, 3.8) is 0 Å². The Balaban J connectivity index is 2.08. The van der Waals surface area contributed by atoms with Gasteiger partial charge in [0.15, 0.2) is 0 Å². The zero-order valence-corrected chi connectivity index (χ0v) is 9.94. The summed E-state index contributed by atoms with van der Waals surface area (Å²) in [5.41, 5.74) is 1.02. The third-order valence-electron chi connectivity index (χ3n) is 3.20. The summed E-state index contributed by atoms with van der Waals surface area (Å²) in [5.74, 6) is 1.18. The summed E-state index contributed by atoms with van der Waals surface area (Å²) in [6.45, 7) is 3.19. The minimum Gasteiger partial charge on any atom is -0.480 e. The Morgan fingerprint density at radius 1 is 1.38 bits per heavy atom. The second kappa shape index (κ2) is 5.25. The SMILES string of the molecule is CCNC1CCC(c2nccnc2OC)C1. The third-order valence-corrected chi connectivity index (χ3v) is 3.20. The van der Waals surface area contributed by atoms with Crippen LogP contribution < -0.4 is 10.1 Å². The molecule has 0 bridgehead atoms. The van der Waals surface area contributed by atoms with Crippen molar-refractivity contribution in [3.8, 4) is 5.88 Å². The monoisotopic (exact) mass is 221 g/mol. The quantitative estimate of drug-likeness (QED) is 0.841. The lowest BCUT2D eigenvalue weighted by Crippen LogP contribution is -2.25. The summed E-state index contributed by atoms with van der Waals surface area (Å²) in [4.78, 5) is 8.62. The van der Waals surface area contributed by atoms with Crippen molar-refractivity contribution in [3.05, 3.63) is 18.1 Å². The van der Waals surface area contributed by atoms with Gasteiger partial charge >= 0.3 is 0 Å². The molecule has 2 rings (SSSR count). The maximum absolute atomic E-state index is 5.26. The molecule has 0 saturated heterocycles. The molecule has 88 valence electrons. The Morgan fingerprint density at radius 2 is 2.19 bits per heavy atom. The topological polar surface area (TPSA) is 47.0 Å². The molecule has 2 unspecified atom stereocenters. The second-order valence-electron chi connectivity index (χ2n) is 4.22. The summed E-state index contributed by atoms with van der Waals surface area (Å²) < 4.78 is 5.26. The molecule has 4 nitrogen and oxygen atoms in total. The number of aromatic nitrogens is 2. The summed E-state index contributed by atoms with van der Waals surface area (Å²) in [7, 11) is 1.66. The zero-order valence-electron chi connectivity index (χ0n) is 9.94. The highest BCUT2D eigenvalue weighted by atomic mass is 16.5. The summed E-state index contributed by atoms with van der Waals surface area (Å²) >= 11 is 0. The number of hydrogen-bond donors (Lipinski definition) is 1. The van der Waals surface area contributed by atoms with Gasteiger partial charge in [0, 0.05) is 24.4 Å². The van der Waals surface area contributed by atoms with Gasteiger partial charge in [0.25, 0.3) is 0 Å². The third kappa shape index (κ3) is 2.32. The molecule has 1 aromatic rings. The van der Waals surface area contributed by atoms with Crippen LogP contribution in [0.1, 0.15) is 37.8 Å². The molecular formula is C12H19N3O. The van der Waals surface area contributed by atoms with Gasteiger partial charge in [-0.3, -0.25) is 4.98 Å². The van der Waals surface area contributed by atoms with Crippen LogP contribution in [0.5, 0.6) is 5.88 Å². The molecule has 1 saturated carbocycles. The Hall–Kier alpha value is -1.16. The lowest BCUT2D eigenvalue weighted by molar-refractivity contribution is 0.383. The van der Waals surface area contributed by atoms with Crippen LogP contribution in [0.4, 0.5) is 0 Å². The van der Waals surface area contributed by atoms with Gasteiger partial charge in [-0.1, -0.05) is 6.92 Å². The molecule has 1 aliphatic carbocycles. The lowest BCUT2D eigenvalue weighted by Gasteiger charge is -2.13. The first kappa shape index (κ1) is 11.3. The van der Waals surface area contributed by atoms with Crippen molar-refractivity contribution in [1.82, 2.24) is 15.3 Å². The van der Waals surface area contributed by atoms with Crippen molar-refractivity contribution in [2.75, 3.05) is 13.7 Å². The molecular weight excluding hydrogens is 202 g/mol. The predicted octanol–water partition coefficient (Wildman–Crippen LogP) is 1.73. The number of nitrogens with zero attached hydrogens (tertiary/aromatic N) is 2. The zero-order chi connectivity index (χ0) is 11.4. The molecule has 0 aromatic carbocycles. The van der Waals surface area contributed by atoms with Crippen molar-refractivity contribution >= 4 is 0 Å². The average Bonchev–Trinajstić information content (AvgIpc) is 2.78. The van der Waals surface area contributed by atoms with Gasteiger partial charge in [-0.05, 0) is 25.8 Å². The highest BCUT2D eigenvalue weighted by Gasteiger charge is 2.28. The minimum atomic E-state index is 0.493. The fourth-order valence-corrected chi connectivity index (χ4v) is 2.48. The van der Waals surface area contributed by atoms with Gasteiger partial charge in [-0.25, -0.2) is 4.98 Å². The molecule has 0 radical (unpaired) electrons. The molecule has 1 aromatic heterocycles. The number of methoxy groups -OCH3 is 1. The Morgan fingerprint density at radius 3 is 2.94 bits per heavy atom. The normalized spacial score (nSPS) is 24.6. The van der Waals surface area contributed by atoms with E-state index in [-0.39, 0.29) is 0 Å². The Kier molecular flexibility index (Phi) is 3.72. The molecule has 1 heterocycles. The fraction of sp³-hybridized carbons (Fsp3) is 0.667. The number of rotatable bonds is 4. The second-order valence-corrected chi connectivity index (χ2v) is 4.22. The first-order chi connectivity index (χ1) is 7.85. The minimum absolute atomic E-state index is 0.493.